The van der Waals surface area contributed by atoms with E-state index in [1.165, 1.54) is 0 Å². The van der Waals surface area contributed by atoms with Gasteiger partial charge in [-0.3, -0.25) is 4.68 Å². The molecule has 0 saturated carbocycles. The average molecular weight is 313 g/mol. The van der Waals surface area contributed by atoms with Crippen molar-refractivity contribution in [1.82, 2.24) is 9.78 Å². The van der Waals surface area contributed by atoms with E-state index in [0.717, 1.165) is 5.56 Å². The number of halogens is 1. The van der Waals surface area contributed by atoms with Gasteiger partial charge in [0.1, 0.15) is 4.90 Å². The van der Waals surface area contributed by atoms with E-state index in [-0.39, 0.29) is 4.90 Å². The Balaban J connectivity index is 2.52. The smallest absolute Gasteiger partial charge is 0.263 e. The molecule has 6 heteroatoms. The number of hydrogen-bond donors (Lipinski definition) is 0. The van der Waals surface area contributed by atoms with Crippen molar-refractivity contribution in [2.75, 3.05) is 0 Å². The first-order valence-corrected chi connectivity index (χ1v) is 8.85. The predicted molar refractivity (Wildman–Crippen MR) is 79.6 cm³/mol. The summed E-state index contributed by atoms with van der Waals surface area (Å²) in [5, 5.41) is 4.41. The number of aryl methyl sites for hydroxylation is 1. The normalized spacial score (nSPS) is 11.8. The van der Waals surface area contributed by atoms with Crippen LogP contribution in [-0.2, 0) is 28.4 Å². The van der Waals surface area contributed by atoms with Gasteiger partial charge in [0, 0.05) is 10.7 Å². The van der Waals surface area contributed by atoms with E-state index in [0.29, 0.717) is 30.8 Å². The van der Waals surface area contributed by atoms with Crippen LogP contribution in [0.15, 0.2) is 35.2 Å². The van der Waals surface area contributed by atoms with E-state index in [1.807, 2.05) is 44.2 Å². The molecule has 0 saturated heterocycles. The topological polar surface area (TPSA) is 52.0 Å². The van der Waals surface area contributed by atoms with Gasteiger partial charge in [0.25, 0.3) is 9.05 Å². The zero-order valence-electron chi connectivity index (χ0n) is 11.5. The van der Waals surface area contributed by atoms with Crippen LogP contribution in [0.4, 0.5) is 0 Å². The molecule has 0 spiro atoms. The zero-order valence-corrected chi connectivity index (χ0v) is 13.1. The Hall–Kier alpha value is -1.33. The van der Waals surface area contributed by atoms with Crippen molar-refractivity contribution in [3.8, 4) is 0 Å². The fraction of sp³-hybridized carbons (Fsp3) is 0.357. The van der Waals surface area contributed by atoms with Crippen molar-refractivity contribution in [2.45, 2.75) is 38.1 Å². The fourth-order valence-corrected chi connectivity index (χ4v) is 3.81. The molecular formula is C14H17ClN2O2S. The summed E-state index contributed by atoms with van der Waals surface area (Å²) in [4.78, 5) is 0.181. The Labute approximate surface area is 123 Å². The SMILES string of the molecule is CCc1nn(Cc2ccccc2)c(CC)c1S(=O)(=O)Cl. The first-order valence-electron chi connectivity index (χ1n) is 6.54. The number of nitrogens with zero attached hydrogens (tertiary/aromatic N) is 2. The van der Waals surface area contributed by atoms with Gasteiger partial charge in [0.15, 0.2) is 0 Å². The molecule has 4 nitrogen and oxygen atoms in total. The van der Waals surface area contributed by atoms with Gasteiger partial charge < -0.3 is 0 Å². The van der Waals surface area contributed by atoms with Gasteiger partial charge in [0.2, 0.25) is 0 Å². The Kier molecular flexibility index (Phi) is 4.50. The summed E-state index contributed by atoms with van der Waals surface area (Å²) in [5.41, 5.74) is 2.28. The molecule has 2 aromatic rings. The molecule has 0 aliphatic rings. The minimum atomic E-state index is -3.77. The van der Waals surface area contributed by atoms with Crippen LogP contribution in [-0.4, -0.2) is 18.2 Å². The summed E-state index contributed by atoms with van der Waals surface area (Å²) in [7, 11) is 1.79. The molecule has 108 valence electrons. The molecular weight excluding hydrogens is 296 g/mol. The highest BCUT2D eigenvalue weighted by molar-refractivity contribution is 8.13. The van der Waals surface area contributed by atoms with E-state index in [9.17, 15) is 8.42 Å². The summed E-state index contributed by atoms with van der Waals surface area (Å²) in [6.45, 7) is 4.33. The molecule has 0 fully saturated rings. The highest BCUT2D eigenvalue weighted by Gasteiger charge is 2.25. The summed E-state index contributed by atoms with van der Waals surface area (Å²) < 4.78 is 25.3. The van der Waals surface area contributed by atoms with Crippen molar-refractivity contribution >= 4 is 19.7 Å². The standard InChI is InChI=1S/C14H17ClN2O2S/c1-3-12-14(20(15,18)19)13(4-2)17(16-12)10-11-8-6-5-7-9-11/h5-9H,3-4,10H2,1-2H3. The largest absolute Gasteiger partial charge is 0.264 e. The van der Waals surface area contributed by atoms with E-state index in [2.05, 4.69) is 5.10 Å². The average Bonchev–Trinajstić information content (AvgIpc) is 2.77. The molecule has 1 heterocycles. The van der Waals surface area contributed by atoms with Gasteiger partial charge in [-0.2, -0.15) is 5.10 Å². The van der Waals surface area contributed by atoms with E-state index >= 15 is 0 Å². The lowest BCUT2D eigenvalue weighted by Gasteiger charge is -2.06. The molecule has 0 aliphatic carbocycles. The first kappa shape index (κ1) is 15.1. The molecule has 0 unspecified atom stereocenters. The molecule has 0 atom stereocenters. The van der Waals surface area contributed by atoms with Crippen LogP contribution in [0, 0.1) is 0 Å². The minimum absolute atomic E-state index is 0.181. The van der Waals surface area contributed by atoms with Gasteiger partial charge >= 0.3 is 0 Å². The second-order valence-electron chi connectivity index (χ2n) is 4.51. The molecule has 0 amide bonds. The van der Waals surface area contributed by atoms with Crippen molar-refractivity contribution in [3.63, 3.8) is 0 Å². The monoisotopic (exact) mass is 312 g/mol. The van der Waals surface area contributed by atoms with Gasteiger partial charge in [-0.1, -0.05) is 44.2 Å². The molecule has 0 aliphatic heterocycles. The molecule has 2 rings (SSSR count). The lowest BCUT2D eigenvalue weighted by Crippen LogP contribution is -2.07. The molecule has 1 aromatic heterocycles. The minimum Gasteiger partial charge on any atom is -0.263 e. The number of rotatable bonds is 5. The lowest BCUT2D eigenvalue weighted by molar-refractivity contribution is 0.605. The Morgan fingerprint density at radius 2 is 1.80 bits per heavy atom. The van der Waals surface area contributed by atoms with Crippen LogP contribution in [0.2, 0.25) is 0 Å². The molecule has 1 aromatic carbocycles. The van der Waals surface area contributed by atoms with E-state index in [4.69, 9.17) is 10.7 Å². The van der Waals surface area contributed by atoms with Crippen LogP contribution < -0.4 is 0 Å². The third kappa shape index (κ3) is 3.04. The third-order valence-electron chi connectivity index (χ3n) is 3.17. The van der Waals surface area contributed by atoms with Gasteiger partial charge in [-0.15, -0.1) is 0 Å². The summed E-state index contributed by atoms with van der Waals surface area (Å²) in [6, 6.07) is 9.82. The maximum absolute atomic E-state index is 11.8. The van der Waals surface area contributed by atoms with Crippen LogP contribution in [0.3, 0.4) is 0 Å². The molecule has 0 N–H and O–H groups in total. The van der Waals surface area contributed by atoms with Crippen molar-refractivity contribution in [2.24, 2.45) is 0 Å². The second-order valence-corrected chi connectivity index (χ2v) is 7.01. The van der Waals surface area contributed by atoms with E-state index < -0.39 is 9.05 Å². The first-order chi connectivity index (χ1) is 9.47. The summed E-state index contributed by atoms with van der Waals surface area (Å²) in [5.74, 6) is 0. The fourth-order valence-electron chi connectivity index (χ4n) is 2.28. The van der Waals surface area contributed by atoms with Gasteiger partial charge in [-0.05, 0) is 18.4 Å². The van der Waals surface area contributed by atoms with Gasteiger partial charge in [-0.25, -0.2) is 8.42 Å². The van der Waals surface area contributed by atoms with Crippen LogP contribution in [0.25, 0.3) is 0 Å². The summed E-state index contributed by atoms with van der Waals surface area (Å²) in [6.07, 6.45) is 1.11. The quantitative estimate of drug-likeness (QED) is 0.798. The number of aromatic nitrogens is 2. The Morgan fingerprint density at radius 3 is 2.30 bits per heavy atom. The Bertz CT molecular complexity index is 693. The van der Waals surface area contributed by atoms with Gasteiger partial charge in [0.05, 0.1) is 17.9 Å². The number of benzene rings is 1. The third-order valence-corrected chi connectivity index (χ3v) is 4.59. The Morgan fingerprint density at radius 1 is 1.15 bits per heavy atom. The number of hydrogen-bond acceptors (Lipinski definition) is 3. The lowest BCUT2D eigenvalue weighted by atomic mass is 10.2. The van der Waals surface area contributed by atoms with Crippen molar-refractivity contribution in [1.29, 1.82) is 0 Å². The van der Waals surface area contributed by atoms with Crippen molar-refractivity contribution in [3.05, 3.63) is 47.3 Å². The maximum atomic E-state index is 11.8. The van der Waals surface area contributed by atoms with Crippen LogP contribution in [0.5, 0.6) is 0 Å². The second kappa shape index (κ2) is 5.97. The maximum Gasteiger partial charge on any atom is 0.264 e. The predicted octanol–water partition coefficient (Wildman–Crippen LogP) is 2.98. The summed E-state index contributed by atoms with van der Waals surface area (Å²) >= 11 is 0. The van der Waals surface area contributed by atoms with Crippen LogP contribution >= 0.6 is 10.7 Å². The van der Waals surface area contributed by atoms with Crippen LogP contribution in [0.1, 0.15) is 30.8 Å². The van der Waals surface area contributed by atoms with E-state index in [1.54, 1.807) is 4.68 Å². The zero-order chi connectivity index (χ0) is 14.8. The van der Waals surface area contributed by atoms with Crippen molar-refractivity contribution < 1.29 is 8.42 Å². The molecule has 0 radical (unpaired) electrons. The molecule has 0 bridgehead atoms. The highest BCUT2D eigenvalue weighted by Crippen LogP contribution is 2.26. The molecule has 20 heavy (non-hydrogen) atoms. The highest BCUT2D eigenvalue weighted by atomic mass is 35.7.